The van der Waals surface area contributed by atoms with Gasteiger partial charge in [-0.2, -0.15) is 0 Å². The van der Waals surface area contributed by atoms with E-state index < -0.39 is 0 Å². The Morgan fingerprint density at radius 1 is 0.519 bits per heavy atom. The molecule has 3 heteroatoms. The fraction of sp³-hybridized carbons (Fsp3) is 0.958. The standard InChI is InChI=1S/C22H45NO.C2H7N/c1-2-3-4-5-6-7-8-9-10-11-12-13-14-15-16-17-18-19-20-21-22(23)24;1-2-3/h2-21H2,1H3,(H2,23,24);2-3H2,1H3. The van der Waals surface area contributed by atoms with Gasteiger partial charge in [0.2, 0.25) is 5.91 Å². The quantitative estimate of drug-likeness (QED) is 0.217. The number of primary amides is 1. The molecular formula is C24H52N2O. The van der Waals surface area contributed by atoms with Crippen molar-refractivity contribution in [2.75, 3.05) is 6.54 Å². The lowest BCUT2D eigenvalue weighted by molar-refractivity contribution is -0.118. The van der Waals surface area contributed by atoms with Crippen molar-refractivity contribution >= 4 is 5.91 Å². The van der Waals surface area contributed by atoms with Gasteiger partial charge in [0.25, 0.3) is 0 Å². The Morgan fingerprint density at radius 3 is 0.963 bits per heavy atom. The van der Waals surface area contributed by atoms with Gasteiger partial charge in [-0.25, -0.2) is 0 Å². The molecule has 3 nitrogen and oxygen atoms in total. The molecule has 0 rings (SSSR count). The summed E-state index contributed by atoms with van der Waals surface area (Å²) in [5.74, 6) is -0.151. The molecule has 0 spiro atoms. The predicted molar refractivity (Wildman–Crippen MR) is 122 cm³/mol. The van der Waals surface area contributed by atoms with Gasteiger partial charge in [-0.15, -0.1) is 0 Å². The average Bonchev–Trinajstić information content (AvgIpc) is 2.64. The molecule has 0 heterocycles. The molecule has 0 aliphatic heterocycles. The summed E-state index contributed by atoms with van der Waals surface area (Å²) >= 11 is 0. The number of hydrogen-bond donors (Lipinski definition) is 2. The van der Waals surface area contributed by atoms with Gasteiger partial charge in [0.1, 0.15) is 0 Å². The normalized spacial score (nSPS) is 10.5. The number of hydrogen-bond acceptors (Lipinski definition) is 2. The number of unbranched alkanes of at least 4 members (excludes halogenated alkanes) is 18. The van der Waals surface area contributed by atoms with Crippen molar-refractivity contribution in [3.8, 4) is 0 Å². The maximum Gasteiger partial charge on any atom is 0.217 e. The summed E-state index contributed by atoms with van der Waals surface area (Å²) in [5.41, 5.74) is 9.98. The largest absolute Gasteiger partial charge is 0.370 e. The van der Waals surface area contributed by atoms with E-state index in [1.807, 2.05) is 6.92 Å². The lowest BCUT2D eigenvalue weighted by atomic mass is 10.0. The number of carbonyl (C=O) groups excluding carboxylic acids is 1. The molecule has 27 heavy (non-hydrogen) atoms. The van der Waals surface area contributed by atoms with Crippen molar-refractivity contribution in [3.05, 3.63) is 0 Å². The topological polar surface area (TPSA) is 69.1 Å². The first-order chi connectivity index (χ1) is 13.2. The minimum Gasteiger partial charge on any atom is -0.370 e. The van der Waals surface area contributed by atoms with Gasteiger partial charge in [0.15, 0.2) is 0 Å². The van der Waals surface area contributed by atoms with E-state index in [4.69, 9.17) is 11.5 Å². The van der Waals surface area contributed by atoms with E-state index in [1.165, 1.54) is 116 Å². The molecule has 0 saturated heterocycles. The van der Waals surface area contributed by atoms with Gasteiger partial charge < -0.3 is 11.5 Å². The molecule has 0 aliphatic carbocycles. The Kier molecular flexibility index (Phi) is 29.3. The number of amides is 1. The van der Waals surface area contributed by atoms with Gasteiger partial charge >= 0.3 is 0 Å². The molecule has 0 aromatic carbocycles. The van der Waals surface area contributed by atoms with Crippen LogP contribution in [0.15, 0.2) is 0 Å². The molecule has 4 N–H and O–H groups in total. The maximum absolute atomic E-state index is 10.6. The highest BCUT2D eigenvalue weighted by molar-refractivity contribution is 5.73. The highest BCUT2D eigenvalue weighted by atomic mass is 16.1. The minimum atomic E-state index is -0.151. The molecule has 0 aliphatic rings. The van der Waals surface area contributed by atoms with E-state index in [-0.39, 0.29) is 5.91 Å². The van der Waals surface area contributed by atoms with Crippen LogP contribution in [0.5, 0.6) is 0 Å². The SMILES string of the molecule is CCCCCCCCCCCCCCCCCCCCCC(N)=O.CCN. The van der Waals surface area contributed by atoms with Crippen LogP contribution >= 0.6 is 0 Å². The molecule has 0 aromatic heterocycles. The molecule has 0 atom stereocenters. The van der Waals surface area contributed by atoms with Crippen LogP contribution in [0.4, 0.5) is 0 Å². The van der Waals surface area contributed by atoms with Crippen molar-refractivity contribution in [2.24, 2.45) is 11.5 Å². The van der Waals surface area contributed by atoms with Gasteiger partial charge in [0.05, 0.1) is 0 Å². The minimum absolute atomic E-state index is 0.151. The summed E-state index contributed by atoms with van der Waals surface area (Å²) in [4.78, 5) is 10.6. The van der Waals surface area contributed by atoms with Crippen LogP contribution in [0.1, 0.15) is 142 Å². The van der Waals surface area contributed by atoms with E-state index in [9.17, 15) is 4.79 Å². The fourth-order valence-corrected chi connectivity index (χ4v) is 3.38. The third-order valence-corrected chi connectivity index (χ3v) is 5.03. The number of carbonyl (C=O) groups is 1. The second-order valence-electron chi connectivity index (χ2n) is 7.99. The summed E-state index contributed by atoms with van der Waals surface area (Å²) in [6, 6.07) is 0. The molecule has 1 amide bonds. The van der Waals surface area contributed by atoms with Crippen LogP contribution < -0.4 is 11.5 Å². The van der Waals surface area contributed by atoms with Crippen LogP contribution in [0.25, 0.3) is 0 Å². The molecular weight excluding hydrogens is 332 g/mol. The van der Waals surface area contributed by atoms with Crippen LogP contribution in [0.2, 0.25) is 0 Å². The van der Waals surface area contributed by atoms with Crippen molar-refractivity contribution in [2.45, 2.75) is 142 Å². The summed E-state index contributed by atoms with van der Waals surface area (Å²) in [7, 11) is 0. The zero-order valence-corrected chi connectivity index (χ0v) is 18.9. The molecule has 0 radical (unpaired) electrons. The Hall–Kier alpha value is -0.570. The van der Waals surface area contributed by atoms with Gasteiger partial charge in [-0.3, -0.25) is 4.79 Å². The van der Waals surface area contributed by atoms with Crippen LogP contribution in [0.3, 0.4) is 0 Å². The number of nitrogens with two attached hydrogens (primary N) is 2. The van der Waals surface area contributed by atoms with Gasteiger partial charge in [0, 0.05) is 6.42 Å². The zero-order valence-electron chi connectivity index (χ0n) is 18.9. The van der Waals surface area contributed by atoms with E-state index >= 15 is 0 Å². The Labute approximate surface area is 171 Å². The van der Waals surface area contributed by atoms with E-state index in [1.54, 1.807) is 0 Å². The molecule has 0 bridgehead atoms. The highest BCUT2D eigenvalue weighted by Gasteiger charge is 1.96. The first-order valence-electron chi connectivity index (χ1n) is 12.2. The van der Waals surface area contributed by atoms with Crippen LogP contribution in [-0.2, 0) is 4.79 Å². The smallest absolute Gasteiger partial charge is 0.217 e. The van der Waals surface area contributed by atoms with Crippen LogP contribution in [0, 0.1) is 0 Å². The van der Waals surface area contributed by atoms with Crippen molar-refractivity contribution in [1.29, 1.82) is 0 Å². The third kappa shape index (κ3) is 33.4. The summed E-state index contributed by atoms with van der Waals surface area (Å²) in [5, 5.41) is 0. The van der Waals surface area contributed by atoms with Gasteiger partial charge in [-0.1, -0.05) is 129 Å². The summed E-state index contributed by atoms with van der Waals surface area (Å²) < 4.78 is 0. The zero-order chi connectivity index (χ0) is 20.4. The van der Waals surface area contributed by atoms with Crippen molar-refractivity contribution in [1.82, 2.24) is 0 Å². The molecule has 0 fully saturated rings. The van der Waals surface area contributed by atoms with E-state index in [0.717, 1.165) is 13.0 Å². The average molecular weight is 385 g/mol. The third-order valence-electron chi connectivity index (χ3n) is 5.03. The number of rotatable bonds is 20. The molecule has 0 unspecified atom stereocenters. The Morgan fingerprint density at radius 2 is 0.741 bits per heavy atom. The van der Waals surface area contributed by atoms with Crippen molar-refractivity contribution < 1.29 is 4.79 Å². The maximum atomic E-state index is 10.6. The van der Waals surface area contributed by atoms with Gasteiger partial charge in [-0.05, 0) is 13.0 Å². The summed E-state index contributed by atoms with van der Waals surface area (Å²) in [6.45, 7) is 4.94. The second-order valence-corrected chi connectivity index (χ2v) is 7.99. The Bertz CT molecular complexity index is 269. The monoisotopic (exact) mass is 384 g/mol. The molecule has 164 valence electrons. The molecule has 0 saturated carbocycles. The summed E-state index contributed by atoms with van der Waals surface area (Å²) in [6.07, 6.45) is 26.8. The van der Waals surface area contributed by atoms with E-state index in [2.05, 4.69) is 6.92 Å². The fourth-order valence-electron chi connectivity index (χ4n) is 3.38. The predicted octanol–water partition coefficient (Wildman–Crippen LogP) is 7.26. The van der Waals surface area contributed by atoms with Crippen LogP contribution in [-0.4, -0.2) is 12.5 Å². The van der Waals surface area contributed by atoms with E-state index in [0.29, 0.717) is 6.42 Å². The first kappa shape index (κ1) is 28.6. The lowest BCUT2D eigenvalue weighted by Crippen LogP contribution is -2.09. The molecule has 0 aromatic rings. The second kappa shape index (κ2) is 27.6. The lowest BCUT2D eigenvalue weighted by Gasteiger charge is -2.03. The highest BCUT2D eigenvalue weighted by Crippen LogP contribution is 2.14. The Balaban J connectivity index is 0. The first-order valence-corrected chi connectivity index (χ1v) is 12.2. The van der Waals surface area contributed by atoms with Crippen molar-refractivity contribution in [3.63, 3.8) is 0 Å².